The smallest absolute Gasteiger partial charge is 0.237 e. The summed E-state index contributed by atoms with van der Waals surface area (Å²) in [5.41, 5.74) is 0.941. The van der Waals surface area contributed by atoms with Crippen LogP contribution in [0.25, 0.3) is 0 Å². The van der Waals surface area contributed by atoms with Gasteiger partial charge in [0.25, 0.3) is 0 Å². The second-order valence-electron chi connectivity index (χ2n) is 4.17. The van der Waals surface area contributed by atoms with E-state index in [4.69, 9.17) is 0 Å². The minimum Gasteiger partial charge on any atom is -0.355 e. The third kappa shape index (κ3) is 3.78. The van der Waals surface area contributed by atoms with E-state index in [1.807, 2.05) is 18.2 Å². The summed E-state index contributed by atoms with van der Waals surface area (Å²) in [5, 5.41) is 6.17. The molecule has 0 radical (unpaired) electrons. The first-order valence-electron chi connectivity index (χ1n) is 5.88. The zero-order valence-corrected chi connectivity index (χ0v) is 11.2. The van der Waals surface area contributed by atoms with Gasteiger partial charge in [-0.2, -0.15) is 0 Å². The fourth-order valence-corrected chi connectivity index (χ4v) is 2.29. The van der Waals surface area contributed by atoms with Crippen molar-refractivity contribution in [1.29, 1.82) is 0 Å². The van der Waals surface area contributed by atoms with E-state index in [-0.39, 0.29) is 11.9 Å². The van der Waals surface area contributed by atoms with Crippen LogP contribution in [-0.4, -0.2) is 23.5 Å². The normalized spacial score (nSPS) is 20.8. The molecule has 0 spiro atoms. The summed E-state index contributed by atoms with van der Waals surface area (Å²) >= 11 is 3.33. The van der Waals surface area contributed by atoms with E-state index >= 15 is 0 Å². The molecule has 1 unspecified atom stereocenters. The van der Waals surface area contributed by atoms with Gasteiger partial charge in [-0.15, -0.1) is 0 Å². The average Bonchev–Trinajstić information content (AvgIpc) is 2.52. The molecule has 17 heavy (non-hydrogen) atoms. The number of hydrogen-bond donors (Lipinski definition) is 2. The maximum Gasteiger partial charge on any atom is 0.237 e. The maximum absolute atomic E-state index is 11.7. The number of amides is 1. The molecule has 0 bridgehead atoms. The first kappa shape index (κ1) is 12.5. The van der Waals surface area contributed by atoms with Crippen LogP contribution in [0.2, 0.25) is 0 Å². The lowest BCUT2D eigenvalue weighted by Gasteiger charge is -2.14. The molecule has 92 valence electrons. The zero-order chi connectivity index (χ0) is 12.1. The number of rotatable bonds is 3. The molecule has 1 aliphatic rings. The summed E-state index contributed by atoms with van der Waals surface area (Å²) in [6.07, 6.45) is 3.06. The third-order valence-corrected chi connectivity index (χ3v) is 3.28. The van der Waals surface area contributed by atoms with E-state index in [0.29, 0.717) is 6.54 Å². The molecule has 0 aliphatic carbocycles. The van der Waals surface area contributed by atoms with Crippen LogP contribution in [0.1, 0.15) is 25.0 Å². The van der Waals surface area contributed by atoms with Crippen molar-refractivity contribution >= 4 is 21.8 Å². The number of aromatic nitrogens is 1. The summed E-state index contributed by atoms with van der Waals surface area (Å²) in [6, 6.07) is 5.70. The number of halogens is 1. The molecule has 1 saturated heterocycles. The van der Waals surface area contributed by atoms with Crippen molar-refractivity contribution in [1.82, 2.24) is 15.6 Å². The van der Waals surface area contributed by atoms with Gasteiger partial charge >= 0.3 is 0 Å². The van der Waals surface area contributed by atoms with E-state index < -0.39 is 0 Å². The molecule has 1 atom stereocenters. The maximum atomic E-state index is 11.7. The number of nitrogens with one attached hydrogen (secondary N) is 2. The van der Waals surface area contributed by atoms with Gasteiger partial charge in [-0.1, -0.05) is 6.07 Å². The molecule has 2 heterocycles. The molecule has 4 nitrogen and oxygen atoms in total. The largest absolute Gasteiger partial charge is 0.355 e. The first-order valence-corrected chi connectivity index (χ1v) is 6.67. The van der Waals surface area contributed by atoms with Gasteiger partial charge < -0.3 is 10.6 Å². The van der Waals surface area contributed by atoms with Crippen LogP contribution in [0.15, 0.2) is 22.8 Å². The highest BCUT2D eigenvalue weighted by molar-refractivity contribution is 9.10. The van der Waals surface area contributed by atoms with E-state index in [1.54, 1.807) is 0 Å². The van der Waals surface area contributed by atoms with Gasteiger partial charge in [0.2, 0.25) is 5.91 Å². The Hall–Kier alpha value is -0.940. The van der Waals surface area contributed by atoms with E-state index in [9.17, 15) is 4.79 Å². The lowest BCUT2D eigenvalue weighted by molar-refractivity contribution is -0.122. The van der Waals surface area contributed by atoms with Crippen LogP contribution in [0.5, 0.6) is 0 Å². The topological polar surface area (TPSA) is 54.0 Å². The first-order chi connectivity index (χ1) is 8.25. The Bertz CT molecular complexity index is 397. The van der Waals surface area contributed by atoms with Gasteiger partial charge in [0.1, 0.15) is 4.60 Å². The predicted molar refractivity (Wildman–Crippen MR) is 69.4 cm³/mol. The summed E-state index contributed by atoms with van der Waals surface area (Å²) in [5.74, 6) is 0.109. The van der Waals surface area contributed by atoms with Gasteiger partial charge in [-0.05, 0) is 47.3 Å². The average molecular weight is 298 g/mol. The standard InChI is InChI=1S/C12H16BrN3O/c13-11-6-3-4-9(16-11)8-15-10-5-1-2-7-14-12(10)17/h3-4,6,10,15H,1-2,5,7-8H2,(H,14,17). The van der Waals surface area contributed by atoms with Gasteiger partial charge in [-0.25, -0.2) is 4.98 Å². The van der Waals surface area contributed by atoms with E-state index in [0.717, 1.165) is 36.1 Å². The Morgan fingerprint density at radius 2 is 2.35 bits per heavy atom. The fourth-order valence-electron chi connectivity index (χ4n) is 1.91. The van der Waals surface area contributed by atoms with Crippen molar-refractivity contribution in [3.8, 4) is 0 Å². The summed E-state index contributed by atoms with van der Waals surface area (Å²) in [4.78, 5) is 16.0. The highest BCUT2D eigenvalue weighted by atomic mass is 79.9. The highest BCUT2D eigenvalue weighted by Crippen LogP contribution is 2.08. The summed E-state index contributed by atoms with van der Waals surface area (Å²) in [7, 11) is 0. The van der Waals surface area contributed by atoms with E-state index in [2.05, 4.69) is 31.5 Å². The van der Waals surface area contributed by atoms with Crippen molar-refractivity contribution in [2.24, 2.45) is 0 Å². The molecule has 2 rings (SSSR count). The monoisotopic (exact) mass is 297 g/mol. The fraction of sp³-hybridized carbons (Fsp3) is 0.500. The SMILES string of the molecule is O=C1NCCCCC1NCc1cccc(Br)n1. The molecule has 1 amide bonds. The van der Waals surface area contributed by atoms with Crippen molar-refractivity contribution < 1.29 is 4.79 Å². The van der Waals surface area contributed by atoms with Crippen molar-refractivity contribution in [3.63, 3.8) is 0 Å². The zero-order valence-electron chi connectivity index (χ0n) is 9.58. The van der Waals surface area contributed by atoms with Crippen molar-refractivity contribution in [3.05, 3.63) is 28.5 Å². The Balaban J connectivity index is 1.90. The van der Waals surface area contributed by atoms with Crippen molar-refractivity contribution in [2.45, 2.75) is 31.8 Å². The number of carbonyl (C=O) groups is 1. The number of pyridine rings is 1. The van der Waals surface area contributed by atoms with Gasteiger partial charge in [0.15, 0.2) is 0 Å². The van der Waals surface area contributed by atoms with Crippen LogP contribution in [0, 0.1) is 0 Å². The second kappa shape index (κ2) is 6.12. The molecule has 1 aromatic heterocycles. The molecule has 1 fully saturated rings. The minimum absolute atomic E-state index is 0.0849. The molecular weight excluding hydrogens is 282 g/mol. The van der Waals surface area contributed by atoms with Gasteiger partial charge in [0.05, 0.1) is 11.7 Å². The van der Waals surface area contributed by atoms with E-state index in [1.165, 1.54) is 0 Å². The predicted octanol–water partition coefficient (Wildman–Crippen LogP) is 1.60. The number of nitrogens with zero attached hydrogens (tertiary/aromatic N) is 1. The Morgan fingerprint density at radius 3 is 3.18 bits per heavy atom. The van der Waals surface area contributed by atoms with Gasteiger partial charge in [0, 0.05) is 13.1 Å². The lowest BCUT2D eigenvalue weighted by atomic mass is 10.1. The Kier molecular flexibility index (Phi) is 4.50. The molecule has 0 aromatic carbocycles. The highest BCUT2D eigenvalue weighted by Gasteiger charge is 2.19. The van der Waals surface area contributed by atoms with Crippen LogP contribution in [0.4, 0.5) is 0 Å². The van der Waals surface area contributed by atoms with Gasteiger partial charge in [-0.3, -0.25) is 4.79 Å². The minimum atomic E-state index is -0.0849. The van der Waals surface area contributed by atoms with Crippen LogP contribution in [-0.2, 0) is 11.3 Å². The molecule has 1 aliphatic heterocycles. The molecule has 1 aromatic rings. The molecular formula is C12H16BrN3O. The Morgan fingerprint density at radius 1 is 1.47 bits per heavy atom. The number of hydrogen-bond acceptors (Lipinski definition) is 3. The lowest BCUT2D eigenvalue weighted by Crippen LogP contribution is -2.42. The number of carbonyl (C=O) groups excluding carboxylic acids is 1. The van der Waals surface area contributed by atoms with Crippen LogP contribution >= 0.6 is 15.9 Å². The van der Waals surface area contributed by atoms with Crippen molar-refractivity contribution in [2.75, 3.05) is 6.54 Å². The van der Waals surface area contributed by atoms with Crippen LogP contribution < -0.4 is 10.6 Å². The summed E-state index contributed by atoms with van der Waals surface area (Å²) < 4.78 is 0.821. The molecule has 5 heteroatoms. The Labute approximate surface area is 109 Å². The molecule has 0 saturated carbocycles. The summed E-state index contributed by atoms with van der Waals surface area (Å²) in [6.45, 7) is 1.42. The quantitative estimate of drug-likeness (QED) is 0.834. The third-order valence-electron chi connectivity index (χ3n) is 2.84. The molecule has 2 N–H and O–H groups in total. The second-order valence-corrected chi connectivity index (χ2v) is 4.98. The van der Waals surface area contributed by atoms with Crippen LogP contribution in [0.3, 0.4) is 0 Å².